The molecule has 0 bridgehead atoms. The monoisotopic (exact) mass is 230 g/mol. The molecule has 0 radical (unpaired) electrons. The van der Waals surface area contributed by atoms with E-state index in [0.29, 0.717) is 5.92 Å². The molecule has 0 saturated heterocycles. The highest BCUT2D eigenvalue weighted by Gasteiger charge is 2.18. The van der Waals surface area contributed by atoms with Crippen LogP contribution >= 0.6 is 0 Å². The van der Waals surface area contributed by atoms with Gasteiger partial charge < -0.3 is 4.57 Å². The van der Waals surface area contributed by atoms with Crippen LogP contribution in [0.5, 0.6) is 0 Å². The maximum atomic E-state index is 4.76. The molecule has 1 aromatic heterocycles. The Bertz CT molecular complexity index is 589. The molecule has 0 unspecified atom stereocenters. The number of aryl methyl sites for hydroxylation is 3. The summed E-state index contributed by atoms with van der Waals surface area (Å²) in [5.41, 5.74) is 8.08. The van der Waals surface area contributed by atoms with Crippen molar-refractivity contribution in [2.24, 2.45) is 7.05 Å². The number of hydrogen-bond donors (Lipinski definition) is 0. The van der Waals surface area contributed by atoms with Crippen LogP contribution in [0.25, 0.3) is 11.0 Å². The van der Waals surface area contributed by atoms with Gasteiger partial charge in [-0.05, 0) is 55.9 Å². The molecule has 92 valence electrons. The van der Waals surface area contributed by atoms with Gasteiger partial charge in [0.05, 0.1) is 11.0 Å². The molecule has 1 aromatic carbocycles. The number of imidazole rings is 1. The van der Waals surface area contributed by atoms with E-state index in [9.17, 15) is 0 Å². The van der Waals surface area contributed by atoms with Crippen molar-refractivity contribution in [3.8, 4) is 0 Å². The molecule has 2 heteroatoms. The number of aromatic nitrogens is 2. The number of rotatable bonds is 1. The molecule has 0 fully saturated rings. The summed E-state index contributed by atoms with van der Waals surface area (Å²) in [6.07, 6.45) is 0. The fourth-order valence-electron chi connectivity index (χ4n) is 2.77. The predicted molar refractivity (Wildman–Crippen MR) is 73.8 cm³/mol. The fourth-order valence-corrected chi connectivity index (χ4v) is 2.77. The molecule has 17 heavy (non-hydrogen) atoms. The van der Waals surface area contributed by atoms with Gasteiger partial charge in [0.1, 0.15) is 5.82 Å². The summed E-state index contributed by atoms with van der Waals surface area (Å²) in [6.45, 7) is 13.2. The second-order valence-electron chi connectivity index (χ2n) is 5.36. The number of hydrogen-bond acceptors (Lipinski definition) is 1. The lowest BCUT2D eigenvalue weighted by atomic mass is 9.90. The van der Waals surface area contributed by atoms with Gasteiger partial charge in [-0.1, -0.05) is 13.8 Å². The van der Waals surface area contributed by atoms with Gasteiger partial charge in [0.15, 0.2) is 0 Å². The Hall–Kier alpha value is -1.31. The van der Waals surface area contributed by atoms with E-state index in [1.807, 2.05) is 0 Å². The molecule has 0 N–H and O–H groups in total. The Morgan fingerprint density at radius 3 is 2.06 bits per heavy atom. The van der Waals surface area contributed by atoms with Crippen LogP contribution in [0.4, 0.5) is 0 Å². The Kier molecular flexibility index (Phi) is 2.76. The van der Waals surface area contributed by atoms with Gasteiger partial charge >= 0.3 is 0 Å². The highest BCUT2D eigenvalue weighted by Crippen LogP contribution is 2.33. The van der Waals surface area contributed by atoms with Crippen molar-refractivity contribution in [1.82, 2.24) is 9.55 Å². The van der Waals surface area contributed by atoms with Gasteiger partial charge in [-0.2, -0.15) is 0 Å². The second kappa shape index (κ2) is 3.86. The van der Waals surface area contributed by atoms with E-state index in [4.69, 9.17) is 4.98 Å². The first-order valence-electron chi connectivity index (χ1n) is 6.29. The summed E-state index contributed by atoms with van der Waals surface area (Å²) in [7, 11) is 2.11. The number of benzene rings is 1. The summed E-state index contributed by atoms with van der Waals surface area (Å²) < 4.78 is 2.21. The molecule has 0 amide bonds. The van der Waals surface area contributed by atoms with Crippen LogP contribution in [0, 0.1) is 27.7 Å². The van der Waals surface area contributed by atoms with Crippen LogP contribution < -0.4 is 0 Å². The van der Waals surface area contributed by atoms with Crippen molar-refractivity contribution in [2.75, 3.05) is 0 Å². The third kappa shape index (κ3) is 1.58. The number of fused-ring (bicyclic) bond motifs is 1. The molecule has 0 aliphatic carbocycles. The maximum Gasteiger partial charge on any atom is 0.106 e. The number of nitrogens with zero attached hydrogens (tertiary/aromatic N) is 2. The second-order valence-corrected chi connectivity index (χ2v) is 5.36. The fraction of sp³-hybridized carbons (Fsp3) is 0.533. The highest BCUT2D eigenvalue weighted by molar-refractivity contribution is 5.86. The van der Waals surface area contributed by atoms with Gasteiger partial charge in [0.2, 0.25) is 0 Å². The Balaban J connectivity index is 3.04. The van der Waals surface area contributed by atoms with Crippen LogP contribution in [0.15, 0.2) is 0 Å². The summed E-state index contributed by atoms with van der Waals surface area (Å²) in [5.74, 6) is 1.61. The first kappa shape index (κ1) is 12.2. The lowest BCUT2D eigenvalue weighted by molar-refractivity contribution is 0.860. The van der Waals surface area contributed by atoms with Crippen LogP contribution in [0.3, 0.4) is 0 Å². The quantitative estimate of drug-likeness (QED) is 0.725. The molecule has 0 spiro atoms. The van der Waals surface area contributed by atoms with E-state index in [1.165, 1.54) is 33.3 Å². The van der Waals surface area contributed by atoms with Crippen LogP contribution in [-0.2, 0) is 7.05 Å². The lowest BCUT2D eigenvalue weighted by Gasteiger charge is -2.16. The van der Waals surface area contributed by atoms with E-state index in [0.717, 1.165) is 5.82 Å². The first-order chi connectivity index (χ1) is 7.86. The molecule has 2 rings (SSSR count). The standard InChI is InChI=1S/C15H22N2/c1-8(2)13-10(4)9(3)11(5)15-14(13)16-12(6)17(15)7/h8H,1-7H3. The predicted octanol–water partition coefficient (Wildman–Crippen LogP) is 3.93. The Morgan fingerprint density at radius 2 is 1.53 bits per heavy atom. The van der Waals surface area contributed by atoms with Crippen LogP contribution in [0.1, 0.15) is 47.8 Å². The van der Waals surface area contributed by atoms with Gasteiger partial charge in [-0.15, -0.1) is 0 Å². The molecule has 0 aliphatic rings. The van der Waals surface area contributed by atoms with Crippen molar-refractivity contribution >= 4 is 11.0 Å². The molecule has 0 aliphatic heterocycles. The highest BCUT2D eigenvalue weighted by atomic mass is 15.1. The summed E-state index contributed by atoms with van der Waals surface area (Å²) in [4.78, 5) is 4.76. The molecule has 2 nitrogen and oxygen atoms in total. The van der Waals surface area contributed by atoms with Gasteiger partial charge in [0.25, 0.3) is 0 Å². The SMILES string of the molecule is Cc1c(C)c(C)c2c(nc(C)n2C)c1C(C)C. The van der Waals surface area contributed by atoms with Gasteiger partial charge in [-0.3, -0.25) is 0 Å². The normalized spacial score (nSPS) is 11.8. The molecule has 0 atom stereocenters. The van der Waals surface area contributed by atoms with Crippen molar-refractivity contribution in [3.05, 3.63) is 28.1 Å². The third-order valence-electron chi connectivity index (χ3n) is 4.04. The lowest BCUT2D eigenvalue weighted by Crippen LogP contribution is -2.01. The molecular formula is C15H22N2. The molecule has 1 heterocycles. The average Bonchev–Trinajstić information content (AvgIpc) is 2.52. The summed E-state index contributed by atoms with van der Waals surface area (Å²) in [6, 6.07) is 0. The summed E-state index contributed by atoms with van der Waals surface area (Å²) >= 11 is 0. The first-order valence-corrected chi connectivity index (χ1v) is 6.29. The van der Waals surface area contributed by atoms with Crippen molar-refractivity contribution in [3.63, 3.8) is 0 Å². The molecule has 2 aromatic rings. The smallest absolute Gasteiger partial charge is 0.106 e. The van der Waals surface area contributed by atoms with E-state index in [2.05, 4.69) is 53.2 Å². The topological polar surface area (TPSA) is 17.8 Å². The Labute approximate surface area is 104 Å². The van der Waals surface area contributed by atoms with E-state index in [-0.39, 0.29) is 0 Å². The zero-order valence-corrected chi connectivity index (χ0v) is 12.0. The van der Waals surface area contributed by atoms with Gasteiger partial charge in [0, 0.05) is 7.05 Å². The van der Waals surface area contributed by atoms with Crippen molar-refractivity contribution in [2.45, 2.75) is 47.5 Å². The molecule has 0 saturated carbocycles. The minimum atomic E-state index is 0.520. The van der Waals surface area contributed by atoms with E-state index >= 15 is 0 Å². The Morgan fingerprint density at radius 1 is 0.941 bits per heavy atom. The maximum absolute atomic E-state index is 4.76. The van der Waals surface area contributed by atoms with E-state index < -0.39 is 0 Å². The minimum Gasteiger partial charge on any atom is -0.331 e. The average molecular weight is 230 g/mol. The minimum absolute atomic E-state index is 0.520. The molecular weight excluding hydrogens is 208 g/mol. The van der Waals surface area contributed by atoms with Crippen LogP contribution in [-0.4, -0.2) is 9.55 Å². The zero-order valence-electron chi connectivity index (χ0n) is 12.0. The van der Waals surface area contributed by atoms with Crippen molar-refractivity contribution in [1.29, 1.82) is 0 Å². The largest absolute Gasteiger partial charge is 0.331 e. The summed E-state index contributed by atoms with van der Waals surface area (Å²) in [5, 5.41) is 0. The third-order valence-corrected chi connectivity index (χ3v) is 4.04. The van der Waals surface area contributed by atoms with Crippen LogP contribution in [0.2, 0.25) is 0 Å². The van der Waals surface area contributed by atoms with E-state index in [1.54, 1.807) is 0 Å². The van der Waals surface area contributed by atoms with Gasteiger partial charge in [-0.25, -0.2) is 4.98 Å². The van der Waals surface area contributed by atoms with Crippen molar-refractivity contribution < 1.29 is 0 Å². The zero-order chi connectivity index (χ0) is 12.9.